The van der Waals surface area contributed by atoms with Crippen molar-refractivity contribution in [1.82, 2.24) is 0 Å². The summed E-state index contributed by atoms with van der Waals surface area (Å²) >= 11 is 1.36. The van der Waals surface area contributed by atoms with Gasteiger partial charge >= 0.3 is 0 Å². The summed E-state index contributed by atoms with van der Waals surface area (Å²) < 4.78 is 5.49. The van der Waals surface area contributed by atoms with Crippen molar-refractivity contribution in [2.45, 2.75) is 26.7 Å². The van der Waals surface area contributed by atoms with Gasteiger partial charge in [0.25, 0.3) is 11.8 Å². The lowest BCUT2D eigenvalue weighted by atomic mass is 10.2. The summed E-state index contributed by atoms with van der Waals surface area (Å²) in [5.74, 6) is -0.221. The zero-order valence-electron chi connectivity index (χ0n) is 13.2. The van der Waals surface area contributed by atoms with Gasteiger partial charge in [-0.05, 0) is 36.6 Å². The van der Waals surface area contributed by atoms with Crippen LogP contribution >= 0.6 is 11.3 Å². The molecule has 0 saturated carbocycles. The lowest BCUT2D eigenvalue weighted by Crippen LogP contribution is -2.21. The molecule has 6 heteroatoms. The molecule has 0 spiro atoms. The van der Waals surface area contributed by atoms with Crippen molar-refractivity contribution >= 4 is 28.2 Å². The quantitative estimate of drug-likeness (QED) is 0.818. The number of amides is 2. The third-order valence-electron chi connectivity index (χ3n) is 3.33. The van der Waals surface area contributed by atoms with E-state index in [9.17, 15) is 9.59 Å². The number of rotatable bonds is 7. The number of primary amides is 1. The van der Waals surface area contributed by atoms with E-state index in [1.807, 2.05) is 31.2 Å². The Bertz CT molecular complexity index is 710. The monoisotopic (exact) mass is 332 g/mol. The first-order valence-corrected chi connectivity index (χ1v) is 8.29. The first kappa shape index (κ1) is 17.0. The van der Waals surface area contributed by atoms with Gasteiger partial charge in [0.2, 0.25) is 0 Å². The summed E-state index contributed by atoms with van der Waals surface area (Å²) in [7, 11) is 0. The molecule has 1 aromatic heterocycles. The van der Waals surface area contributed by atoms with Crippen LogP contribution in [-0.2, 0) is 17.6 Å². The van der Waals surface area contributed by atoms with E-state index in [0.717, 1.165) is 23.3 Å². The Labute approximate surface area is 139 Å². The molecule has 122 valence electrons. The van der Waals surface area contributed by atoms with Crippen LogP contribution in [0.15, 0.2) is 30.3 Å². The van der Waals surface area contributed by atoms with Crippen molar-refractivity contribution in [3.63, 3.8) is 0 Å². The number of aryl methyl sites for hydroxylation is 2. The molecule has 1 aromatic carbocycles. The number of benzene rings is 1. The molecular weight excluding hydrogens is 312 g/mol. The maximum absolute atomic E-state index is 12.0. The van der Waals surface area contributed by atoms with E-state index in [4.69, 9.17) is 10.5 Å². The largest absolute Gasteiger partial charge is 0.484 e. The normalized spacial score (nSPS) is 10.3. The number of hydrogen-bond donors (Lipinski definition) is 2. The highest BCUT2D eigenvalue weighted by Crippen LogP contribution is 2.28. The second-order valence-corrected chi connectivity index (χ2v) is 6.15. The Morgan fingerprint density at radius 3 is 2.65 bits per heavy atom. The van der Waals surface area contributed by atoms with Gasteiger partial charge < -0.3 is 15.8 Å². The van der Waals surface area contributed by atoms with Crippen molar-refractivity contribution in [1.29, 1.82) is 0 Å². The van der Waals surface area contributed by atoms with Crippen LogP contribution in [-0.4, -0.2) is 18.4 Å². The molecule has 0 aliphatic carbocycles. The standard InChI is InChI=1S/C17H20N2O3S/c1-3-11-6-5-7-12(8-11)22-10-15(20)19-17-14(16(18)21)9-13(4-2)23-17/h5-9H,3-4,10H2,1-2H3,(H2,18,21)(H,19,20). The number of nitrogens with two attached hydrogens (primary N) is 1. The minimum absolute atomic E-state index is 0.120. The Morgan fingerprint density at radius 1 is 1.22 bits per heavy atom. The lowest BCUT2D eigenvalue weighted by Gasteiger charge is -2.08. The highest BCUT2D eigenvalue weighted by molar-refractivity contribution is 7.16. The molecule has 2 rings (SSSR count). The molecule has 0 atom stereocenters. The van der Waals surface area contributed by atoms with E-state index in [2.05, 4.69) is 12.2 Å². The molecule has 0 bridgehead atoms. The second kappa shape index (κ2) is 7.78. The Kier molecular flexibility index (Phi) is 5.76. The molecule has 1 heterocycles. The summed E-state index contributed by atoms with van der Waals surface area (Å²) in [6, 6.07) is 9.33. The zero-order chi connectivity index (χ0) is 16.8. The third kappa shape index (κ3) is 4.56. The van der Waals surface area contributed by atoms with Crippen molar-refractivity contribution < 1.29 is 14.3 Å². The molecular formula is C17H20N2O3S. The Balaban J connectivity index is 1.99. The molecule has 5 nitrogen and oxygen atoms in total. The van der Waals surface area contributed by atoms with Crippen LogP contribution in [0.25, 0.3) is 0 Å². The van der Waals surface area contributed by atoms with Crippen LogP contribution in [0, 0.1) is 0 Å². The molecule has 0 unspecified atom stereocenters. The van der Waals surface area contributed by atoms with E-state index in [1.54, 1.807) is 6.07 Å². The van der Waals surface area contributed by atoms with E-state index >= 15 is 0 Å². The van der Waals surface area contributed by atoms with Crippen LogP contribution in [0.4, 0.5) is 5.00 Å². The van der Waals surface area contributed by atoms with E-state index < -0.39 is 5.91 Å². The molecule has 2 amide bonds. The van der Waals surface area contributed by atoms with Crippen molar-refractivity contribution in [3.8, 4) is 5.75 Å². The fourth-order valence-corrected chi connectivity index (χ4v) is 3.08. The summed E-state index contributed by atoms with van der Waals surface area (Å²) in [4.78, 5) is 24.5. The number of hydrogen-bond acceptors (Lipinski definition) is 4. The summed E-state index contributed by atoms with van der Waals surface area (Å²) in [6.07, 6.45) is 1.68. The molecule has 0 aliphatic heterocycles. The second-order valence-electron chi connectivity index (χ2n) is 5.01. The number of nitrogens with one attached hydrogen (secondary N) is 1. The fourth-order valence-electron chi connectivity index (χ4n) is 2.06. The van der Waals surface area contributed by atoms with Crippen LogP contribution < -0.4 is 15.8 Å². The zero-order valence-corrected chi connectivity index (χ0v) is 14.0. The minimum Gasteiger partial charge on any atom is -0.484 e. The molecule has 2 aromatic rings. The predicted octanol–water partition coefficient (Wildman–Crippen LogP) is 2.99. The lowest BCUT2D eigenvalue weighted by molar-refractivity contribution is -0.118. The van der Waals surface area contributed by atoms with E-state index in [0.29, 0.717) is 16.3 Å². The first-order chi connectivity index (χ1) is 11.0. The van der Waals surface area contributed by atoms with Gasteiger partial charge in [-0.3, -0.25) is 9.59 Å². The number of ether oxygens (including phenoxy) is 1. The van der Waals surface area contributed by atoms with E-state index in [1.165, 1.54) is 11.3 Å². The van der Waals surface area contributed by atoms with E-state index in [-0.39, 0.29) is 12.5 Å². The predicted molar refractivity (Wildman–Crippen MR) is 92.2 cm³/mol. The summed E-state index contributed by atoms with van der Waals surface area (Å²) in [5, 5.41) is 3.18. The van der Waals surface area contributed by atoms with Gasteiger partial charge in [-0.25, -0.2) is 0 Å². The smallest absolute Gasteiger partial charge is 0.262 e. The van der Waals surface area contributed by atoms with Gasteiger partial charge in [-0.2, -0.15) is 0 Å². The molecule has 3 N–H and O–H groups in total. The summed E-state index contributed by atoms with van der Waals surface area (Å²) in [5.41, 5.74) is 6.82. The number of thiophene rings is 1. The van der Waals surface area contributed by atoms with Gasteiger partial charge in [-0.15, -0.1) is 11.3 Å². The average molecular weight is 332 g/mol. The molecule has 0 saturated heterocycles. The van der Waals surface area contributed by atoms with Gasteiger partial charge in [0.05, 0.1) is 5.56 Å². The fraction of sp³-hybridized carbons (Fsp3) is 0.294. The maximum Gasteiger partial charge on any atom is 0.262 e. The van der Waals surface area contributed by atoms with Crippen molar-refractivity contribution in [2.24, 2.45) is 5.73 Å². The Hall–Kier alpha value is -2.34. The topological polar surface area (TPSA) is 81.4 Å². The molecule has 23 heavy (non-hydrogen) atoms. The molecule has 0 radical (unpaired) electrons. The maximum atomic E-state index is 12.0. The highest BCUT2D eigenvalue weighted by Gasteiger charge is 2.15. The Morgan fingerprint density at radius 2 is 2.00 bits per heavy atom. The van der Waals surface area contributed by atoms with Gasteiger partial charge in [-0.1, -0.05) is 26.0 Å². The third-order valence-corrected chi connectivity index (χ3v) is 4.52. The number of anilines is 1. The van der Waals surface area contributed by atoms with Crippen LogP contribution in [0.1, 0.15) is 34.6 Å². The summed E-state index contributed by atoms with van der Waals surface area (Å²) in [6.45, 7) is 3.91. The van der Waals surface area contributed by atoms with Crippen LogP contribution in [0.2, 0.25) is 0 Å². The highest BCUT2D eigenvalue weighted by atomic mass is 32.1. The average Bonchev–Trinajstić information content (AvgIpc) is 2.96. The van der Waals surface area contributed by atoms with Gasteiger partial charge in [0, 0.05) is 4.88 Å². The SMILES string of the molecule is CCc1cccc(OCC(=O)Nc2sc(CC)cc2C(N)=O)c1. The number of carbonyl (C=O) groups is 2. The van der Waals surface area contributed by atoms with Crippen molar-refractivity contribution in [3.05, 3.63) is 46.3 Å². The minimum atomic E-state index is -0.548. The van der Waals surface area contributed by atoms with Crippen LogP contribution in [0.5, 0.6) is 5.75 Å². The first-order valence-electron chi connectivity index (χ1n) is 7.47. The van der Waals surface area contributed by atoms with Gasteiger partial charge in [0.15, 0.2) is 6.61 Å². The van der Waals surface area contributed by atoms with Gasteiger partial charge in [0.1, 0.15) is 10.8 Å². The molecule has 0 aliphatic rings. The van der Waals surface area contributed by atoms with Crippen LogP contribution in [0.3, 0.4) is 0 Å². The number of carbonyl (C=O) groups excluding carboxylic acids is 2. The molecule has 0 fully saturated rings. The van der Waals surface area contributed by atoms with Crippen molar-refractivity contribution in [2.75, 3.05) is 11.9 Å².